The van der Waals surface area contributed by atoms with E-state index in [-0.39, 0.29) is 17.6 Å². The molecule has 0 unspecified atom stereocenters. The van der Waals surface area contributed by atoms with Gasteiger partial charge in [-0.2, -0.15) is 5.26 Å². The summed E-state index contributed by atoms with van der Waals surface area (Å²) in [6.45, 7) is 0. The Morgan fingerprint density at radius 3 is 2.70 bits per heavy atom. The Labute approximate surface area is 117 Å². The van der Waals surface area contributed by atoms with Gasteiger partial charge in [0.1, 0.15) is 11.8 Å². The molecule has 2 aliphatic rings. The van der Waals surface area contributed by atoms with Crippen molar-refractivity contribution in [2.75, 3.05) is 0 Å². The average Bonchev–Trinajstić information content (AvgIpc) is 2.33. The van der Waals surface area contributed by atoms with Crippen LogP contribution in [0, 0.1) is 16.7 Å². The van der Waals surface area contributed by atoms with E-state index < -0.39 is 6.09 Å². The fourth-order valence-electron chi connectivity index (χ4n) is 3.43. The Bertz CT molecular complexity index is 565. The van der Waals surface area contributed by atoms with Gasteiger partial charge in [0, 0.05) is 6.04 Å². The zero-order valence-electron chi connectivity index (χ0n) is 11.0. The Morgan fingerprint density at radius 1 is 1.35 bits per heavy atom. The highest BCUT2D eigenvalue weighted by Crippen LogP contribution is 2.56. The predicted octanol–water partition coefficient (Wildman–Crippen LogP) is 2.52. The minimum atomic E-state index is -0.945. The normalized spacial score (nSPS) is 30.8. The van der Waals surface area contributed by atoms with Crippen LogP contribution >= 0.6 is 0 Å². The van der Waals surface area contributed by atoms with Gasteiger partial charge in [0.05, 0.1) is 11.7 Å². The van der Waals surface area contributed by atoms with Gasteiger partial charge in [-0.3, -0.25) is 0 Å². The van der Waals surface area contributed by atoms with Crippen LogP contribution < -0.4 is 10.1 Å². The molecule has 0 saturated heterocycles. The molecule has 2 fully saturated rings. The number of rotatable bonds is 3. The summed E-state index contributed by atoms with van der Waals surface area (Å²) in [5, 5.41) is 20.2. The molecule has 2 saturated carbocycles. The Balaban J connectivity index is 1.50. The number of nitrogens with one attached hydrogen (secondary N) is 1. The van der Waals surface area contributed by atoms with Crippen LogP contribution in [0.5, 0.6) is 5.75 Å². The van der Waals surface area contributed by atoms with Crippen molar-refractivity contribution in [2.45, 2.75) is 37.8 Å². The topological polar surface area (TPSA) is 82.3 Å². The number of ether oxygens (including phenoxy) is 1. The van der Waals surface area contributed by atoms with Crippen LogP contribution in [0.1, 0.15) is 31.2 Å². The third kappa shape index (κ3) is 2.29. The SMILES string of the molecule is N#Cc1ccccc1OC1CC2(CC(NC(=O)O)C2)C1. The van der Waals surface area contributed by atoms with Gasteiger partial charge in [0.25, 0.3) is 0 Å². The molecule has 0 aromatic heterocycles. The van der Waals surface area contributed by atoms with Gasteiger partial charge in [-0.25, -0.2) is 4.79 Å². The van der Waals surface area contributed by atoms with Crippen LogP contribution in [-0.4, -0.2) is 23.3 Å². The van der Waals surface area contributed by atoms with Crippen molar-refractivity contribution >= 4 is 6.09 Å². The van der Waals surface area contributed by atoms with Gasteiger partial charge in [-0.05, 0) is 43.2 Å². The van der Waals surface area contributed by atoms with E-state index in [1.165, 1.54) is 0 Å². The molecular formula is C15H16N2O3. The first kappa shape index (κ1) is 12.8. The molecule has 2 aliphatic carbocycles. The van der Waals surface area contributed by atoms with Gasteiger partial charge in [-0.15, -0.1) is 0 Å². The zero-order chi connectivity index (χ0) is 14.2. The molecule has 104 valence electrons. The first-order valence-electron chi connectivity index (χ1n) is 6.75. The van der Waals surface area contributed by atoms with Crippen LogP contribution in [0.3, 0.4) is 0 Å². The largest absolute Gasteiger partial charge is 0.489 e. The molecule has 1 aromatic carbocycles. The second kappa shape index (κ2) is 4.71. The lowest BCUT2D eigenvalue weighted by Crippen LogP contribution is -2.58. The number of nitriles is 1. The van der Waals surface area contributed by atoms with Crippen LogP contribution in [0.2, 0.25) is 0 Å². The van der Waals surface area contributed by atoms with Crippen LogP contribution in [0.4, 0.5) is 4.79 Å². The van der Waals surface area contributed by atoms with Crippen molar-refractivity contribution in [3.8, 4) is 11.8 Å². The van der Waals surface area contributed by atoms with Crippen molar-refractivity contribution < 1.29 is 14.6 Å². The van der Waals surface area contributed by atoms with Gasteiger partial charge in [0.2, 0.25) is 0 Å². The summed E-state index contributed by atoms with van der Waals surface area (Å²) in [6.07, 6.45) is 2.91. The minimum Gasteiger partial charge on any atom is -0.489 e. The van der Waals surface area contributed by atoms with Crippen molar-refractivity contribution in [3.05, 3.63) is 29.8 Å². The quantitative estimate of drug-likeness (QED) is 0.885. The van der Waals surface area contributed by atoms with Gasteiger partial charge in [-0.1, -0.05) is 12.1 Å². The third-order valence-electron chi connectivity index (χ3n) is 4.31. The molecule has 0 radical (unpaired) electrons. The number of hydrogen-bond donors (Lipinski definition) is 2. The summed E-state index contributed by atoms with van der Waals surface area (Å²) in [7, 11) is 0. The molecule has 3 rings (SSSR count). The summed E-state index contributed by atoms with van der Waals surface area (Å²) < 4.78 is 5.86. The molecule has 0 bridgehead atoms. The highest BCUT2D eigenvalue weighted by Gasteiger charge is 2.54. The standard InChI is InChI=1S/C15H16N2O3/c16-9-10-3-1-2-4-13(10)20-12-7-15(8-12)5-11(6-15)17-14(18)19/h1-4,11-12,17H,5-8H2,(H,18,19). The predicted molar refractivity (Wildman–Crippen MR) is 71.4 cm³/mol. The summed E-state index contributed by atoms with van der Waals surface area (Å²) in [4.78, 5) is 10.5. The maximum Gasteiger partial charge on any atom is 0.404 e. The lowest BCUT2D eigenvalue weighted by molar-refractivity contribution is -0.0837. The van der Waals surface area contributed by atoms with E-state index in [1.807, 2.05) is 18.2 Å². The van der Waals surface area contributed by atoms with E-state index >= 15 is 0 Å². The van der Waals surface area contributed by atoms with Crippen molar-refractivity contribution in [1.29, 1.82) is 5.26 Å². The van der Waals surface area contributed by atoms with Crippen LogP contribution in [-0.2, 0) is 0 Å². The molecule has 1 spiro atoms. The summed E-state index contributed by atoms with van der Waals surface area (Å²) in [5.41, 5.74) is 0.826. The van der Waals surface area contributed by atoms with Gasteiger partial charge in [0.15, 0.2) is 0 Å². The first-order valence-corrected chi connectivity index (χ1v) is 6.75. The minimum absolute atomic E-state index is 0.0971. The molecule has 5 heteroatoms. The van der Waals surface area contributed by atoms with Crippen LogP contribution in [0.25, 0.3) is 0 Å². The number of benzene rings is 1. The number of hydrogen-bond acceptors (Lipinski definition) is 3. The van der Waals surface area contributed by atoms with Gasteiger partial charge >= 0.3 is 6.09 Å². The molecule has 0 atom stereocenters. The molecule has 1 amide bonds. The van der Waals surface area contributed by atoms with Crippen LogP contribution in [0.15, 0.2) is 24.3 Å². The number of nitrogens with zero attached hydrogens (tertiary/aromatic N) is 1. The lowest BCUT2D eigenvalue weighted by atomic mass is 9.53. The number of carbonyl (C=O) groups is 1. The summed E-state index contributed by atoms with van der Waals surface area (Å²) in [6, 6.07) is 9.47. The van der Waals surface area contributed by atoms with Crippen molar-refractivity contribution in [2.24, 2.45) is 5.41 Å². The van der Waals surface area contributed by atoms with Crippen molar-refractivity contribution in [3.63, 3.8) is 0 Å². The molecule has 5 nitrogen and oxygen atoms in total. The van der Waals surface area contributed by atoms with Gasteiger partial charge < -0.3 is 15.2 Å². The molecule has 0 heterocycles. The molecule has 1 aromatic rings. The highest BCUT2D eigenvalue weighted by molar-refractivity contribution is 5.65. The van der Waals surface area contributed by atoms with E-state index in [9.17, 15) is 4.79 Å². The first-order chi connectivity index (χ1) is 9.60. The molecule has 2 N–H and O–H groups in total. The number of carboxylic acid groups (broad SMARTS) is 1. The maximum atomic E-state index is 10.5. The highest BCUT2D eigenvalue weighted by atomic mass is 16.5. The van der Waals surface area contributed by atoms with E-state index in [0.717, 1.165) is 25.7 Å². The maximum absolute atomic E-state index is 10.5. The monoisotopic (exact) mass is 272 g/mol. The zero-order valence-corrected chi connectivity index (χ0v) is 11.0. The number of amides is 1. The summed E-state index contributed by atoms with van der Waals surface area (Å²) in [5.74, 6) is 0.648. The fourth-order valence-corrected chi connectivity index (χ4v) is 3.43. The molecular weight excluding hydrogens is 256 g/mol. The second-order valence-corrected chi connectivity index (χ2v) is 5.81. The smallest absolute Gasteiger partial charge is 0.404 e. The fraction of sp³-hybridized carbons (Fsp3) is 0.467. The Kier molecular flexibility index (Phi) is 3.01. The lowest BCUT2D eigenvalue weighted by Gasteiger charge is -2.57. The summed E-state index contributed by atoms with van der Waals surface area (Å²) >= 11 is 0. The van der Waals surface area contributed by atoms with E-state index in [2.05, 4.69) is 11.4 Å². The van der Waals surface area contributed by atoms with Crippen molar-refractivity contribution in [1.82, 2.24) is 5.32 Å². The van der Waals surface area contributed by atoms with E-state index in [1.54, 1.807) is 6.07 Å². The van der Waals surface area contributed by atoms with E-state index in [0.29, 0.717) is 11.3 Å². The molecule has 0 aliphatic heterocycles. The Hall–Kier alpha value is -2.22. The second-order valence-electron chi connectivity index (χ2n) is 5.81. The third-order valence-corrected chi connectivity index (χ3v) is 4.31. The molecule has 20 heavy (non-hydrogen) atoms. The Morgan fingerprint density at radius 2 is 2.05 bits per heavy atom. The van der Waals surface area contributed by atoms with E-state index in [4.69, 9.17) is 15.1 Å². The number of para-hydroxylation sites is 1. The average molecular weight is 272 g/mol.